The molecule has 0 bridgehead atoms. The van der Waals surface area contributed by atoms with Crippen molar-refractivity contribution in [1.82, 2.24) is 0 Å². The molecule has 0 aliphatic heterocycles. The van der Waals surface area contributed by atoms with Gasteiger partial charge in [-0.25, -0.2) is 0 Å². The molecule has 3 heteroatoms. The van der Waals surface area contributed by atoms with Gasteiger partial charge in [-0.3, -0.25) is 0 Å². The molecule has 0 saturated heterocycles. The molecule has 0 heterocycles. The summed E-state index contributed by atoms with van der Waals surface area (Å²) in [5.41, 5.74) is 0. The maximum atomic E-state index is 2.36. The number of hydrogen-bond acceptors (Lipinski definition) is 0. The van der Waals surface area contributed by atoms with Crippen LogP contribution in [0.3, 0.4) is 0 Å². The van der Waals surface area contributed by atoms with Crippen molar-refractivity contribution < 1.29 is 0 Å². The van der Waals surface area contributed by atoms with E-state index in [1.165, 1.54) is 9.76 Å². The molecule has 104 valence electrons. The SMILES string of the molecule is [SiH3][SiH2][Si](c1ccccc1)(c1ccccc1)c1ccccc1. The van der Waals surface area contributed by atoms with Crippen molar-refractivity contribution in [3.63, 3.8) is 0 Å². The van der Waals surface area contributed by atoms with Gasteiger partial charge in [-0.1, -0.05) is 107 Å². The summed E-state index contributed by atoms with van der Waals surface area (Å²) in [6.45, 7) is 0. The Bertz CT molecular complexity index is 585. The third-order valence-electron chi connectivity index (χ3n) is 4.33. The van der Waals surface area contributed by atoms with Crippen molar-refractivity contribution in [2.24, 2.45) is 0 Å². The van der Waals surface area contributed by atoms with E-state index in [1.807, 2.05) is 0 Å². The van der Waals surface area contributed by atoms with Gasteiger partial charge < -0.3 is 0 Å². The summed E-state index contributed by atoms with van der Waals surface area (Å²) >= 11 is 0. The van der Waals surface area contributed by atoms with Crippen molar-refractivity contribution in [3.8, 4) is 0 Å². The summed E-state index contributed by atoms with van der Waals surface area (Å²) in [4.78, 5) is 0. The summed E-state index contributed by atoms with van der Waals surface area (Å²) in [6, 6.07) is 33.8. The van der Waals surface area contributed by atoms with Gasteiger partial charge in [0.1, 0.15) is 7.59 Å². The normalized spacial score (nSPS) is 12.0. The van der Waals surface area contributed by atoms with Gasteiger partial charge in [-0.2, -0.15) is 0 Å². The van der Waals surface area contributed by atoms with Crippen molar-refractivity contribution in [1.29, 1.82) is 0 Å². The van der Waals surface area contributed by atoms with E-state index >= 15 is 0 Å². The highest BCUT2D eigenvalue weighted by molar-refractivity contribution is 7.53. The lowest BCUT2D eigenvalue weighted by atomic mass is 10.3. The molecular weight excluding hydrogens is 300 g/mol. The highest BCUT2D eigenvalue weighted by Crippen LogP contribution is 2.05. The lowest BCUT2D eigenvalue weighted by Gasteiger charge is -2.32. The van der Waals surface area contributed by atoms with Crippen LogP contribution in [0.2, 0.25) is 0 Å². The van der Waals surface area contributed by atoms with Gasteiger partial charge in [-0.05, 0) is 9.76 Å². The van der Waals surface area contributed by atoms with Gasteiger partial charge in [-0.15, -0.1) is 0 Å². The Labute approximate surface area is 132 Å². The Balaban J connectivity index is 2.29. The second-order valence-corrected chi connectivity index (χ2v) is 21.3. The molecule has 0 amide bonds. The predicted octanol–water partition coefficient (Wildman–Crippen LogP) is 0.103. The van der Waals surface area contributed by atoms with Gasteiger partial charge in [0, 0.05) is 8.55 Å². The molecule has 21 heavy (non-hydrogen) atoms. The van der Waals surface area contributed by atoms with E-state index in [0.29, 0.717) is 0 Å². The van der Waals surface area contributed by atoms with E-state index in [4.69, 9.17) is 0 Å². The summed E-state index contributed by atoms with van der Waals surface area (Å²) in [6.07, 6.45) is 0. The second-order valence-electron chi connectivity index (χ2n) is 5.36. The van der Waals surface area contributed by atoms with Crippen LogP contribution in [0.4, 0.5) is 0 Å². The zero-order chi connectivity index (χ0) is 14.5. The van der Waals surface area contributed by atoms with E-state index in [0.717, 1.165) is 0 Å². The maximum absolute atomic E-state index is 2.36. The molecule has 3 aromatic rings. The van der Waals surface area contributed by atoms with Crippen LogP contribution in [0.5, 0.6) is 0 Å². The van der Waals surface area contributed by atoms with Crippen LogP contribution in [0, 0.1) is 0 Å². The van der Waals surface area contributed by atoms with Crippen LogP contribution < -0.4 is 15.6 Å². The number of benzene rings is 3. The smallest absolute Gasteiger partial charge is 0.0625 e. The average Bonchev–Trinajstić information content (AvgIpc) is 2.59. The van der Waals surface area contributed by atoms with Crippen LogP contribution in [0.25, 0.3) is 0 Å². The molecule has 0 aliphatic rings. The average molecular weight is 321 g/mol. The van der Waals surface area contributed by atoms with Crippen molar-refractivity contribution >= 4 is 41.5 Å². The molecule has 0 nitrogen and oxygen atoms in total. The molecule has 0 aromatic heterocycles. The first-order chi connectivity index (χ1) is 10.4. The lowest BCUT2D eigenvalue weighted by molar-refractivity contribution is 1.70. The van der Waals surface area contributed by atoms with Crippen LogP contribution >= 0.6 is 0 Å². The van der Waals surface area contributed by atoms with E-state index in [2.05, 4.69) is 91.0 Å². The molecule has 0 aliphatic carbocycles. The first-order valence-electron chi connectivity index (χ1n) is 7.54. The highest BCUT2D eigenvalue weighted by atomic mass is 29.5. The standard InChI is InChI=1S/C18H20Si3/c19-20-21(16-10-4-1-5-11-16,17-12-6-2-7-13-17)18-14-8-3-9-15-18/h1-15H,20H2,19H3. The molecule has 0 atom stereocenters. The fourth-order valence-electron chi connectivity index (χ4n) is 3.28. The van der Waals surface area contributed by atoms with Crippen LogP contribution in [0.1, 0.15) is 0 Å². The Morgan fingerprint density at radius 1 is 0.524 bits per heavy atom. The maximum Gasteiger partial charge on any atom is 0.129 e. The molecule has 0 saturated carbocycles. The predicted molar refractivity (Wildman–Crippen MR) is 102 cm³/mol. The molecule has 3 rings (SSSR count). The fourth-order valence-corrected chi connectivity index (χ4v) is 24.6. The summed E-state index contributed by atoms with van der Waals surface area (Å²) in [5, 5.41) is 4.76. The number of rotatable bonds is 4. The molecule has 0 unspecified atom stereocenters. The Hall–Kier alpha value is -1.69. The van der Waals surface area contributed by atoms with Crippen LogP contribution in [0.15, 0.2) is 91.0 Å². The zero-order valence-electron chi connectivity index (χ0n) is 12.4. The molecular formula is C18H20Si3. The fraction of sp³-hybridized carbons (Fsp3) is 0. The molecule has 0 N–H and O–H groups in total. The largest absolute Gasteiger partial charge is 0.129 e. The Morgan fingerprint density at radius 2 is 0.810 bits per heavy atom. The highest BCUT2D eigenvalue weighted by Gasteiger charge is 2.36. The topological polar surface area (TPSA) is 0 Å². The minimum absolute atomic E-state index is 0.0959. The van der Waals surface area contributed by atoms with E-state index in [1.54, 1.807) is 15.6 Å². The van der Waals surface area contributed by atoms with E-state index < -0.39 is 7.59 Å². The third kappa shape index (κ3) is 2.60. The Morgan fingerprint density at radius 3 is 1.05 bits per heavy atom. The Kier molecular flexibility index (Phi) is 4.34. The first-order valence-corrected chi connectivity index (χ1v) is 17.5. The van der Waals surface area contributed by atoms with Gasteiger partial charge in [0.25, 0.3) is 0 Å². The summed E-state index contributed by atoms with van der Waals surface area (Å²) in [5.74, 6) is 0. The van der Waals surface area contributed by atoms with E-state index in [-0.39, 0.29) is 8.55 Å². The van der Waals surface area contributed by atoms with Gasteiger partial charge >= 0.3 is 0 Å². The number of hydrogen-bond donors (Lipinski definition) is 0. The minimum atomic E-state index is -1.70. The first kappa shape index (κ1) is 14.3. The van der Waals surface area contributed by atoms with Crippen molar-refractivity contribution in [2.75, 3.05) is 0 Å². The van der Waals surface area contributed by atoms with Gasteiger partial charge in [0.2, 0.25) is 0 Å². The van der Waals surface area contributed by atoms with Crippen LogP contribution in [-0.4, -0.2) is 25.9 Å². The lowest BCUT2D eigenvalue weighted by Crippen LogP contribution is -2.71. The van der Waals surface area contributed by atoms with Crippen molar-refractivity contribution in [2.45, 2.75) is 0 Å². The monoisotopic (exact) mass is 320 g/mol. The molecule has 3 aromatic carbocycles. The quantitative estimate of drug-likeness (QED) is 0.473. The summed E-state index contributed by atoms with van der Waals surface area (Å²) < 4.78 is 0. The van der Waals surface area contributed by atoms with Gasteiger partial charge in [0.05, 0.1) is 0 Å². The van der Waals surface area contributed by atoms with E-state index in [9.17, 15) is 0 Å². The summed E-state index contributed by atoms with van der Waals surface area (Å²) in [7, 11) is -0.442. The van der Waals surface area contributed by atoms with Crippen LogP contribution in [-0.2, 0) is 0 Å². The third-order valence-corrected chi connectivity index (χ3v) is 25.7. The van der Waals surface area contributed by atoms with Crippen molar-refractivity contribution in [3.05, 3.63) is 91.0 Å². The second kappa shape index (κ2) is 6.39. The molecule has 0 fully saturated rings. The zero-order valence-corrected chi connectivity index (χ0v) is 16.8. The molecule has 0 radical (unpaired) electrons. The molecule has 0 spiro atoms. The van der Waals surface area contributed by atoms with Gasteiger partial charge in [0.15, 0.2) is 0 Å². The minimum Gasteiger partial charge on any atom is -0.0625 e.